The second-order valence-electron chi connectivity index (χ2n) is 5.66. The number of rotatable bonds is 5. The van der Waals surface area contributed by atoms with Gasteiger partial charge in [0.2, 0.25) is 0 Å². The van der Waals surface area contributed by atoms with Crippen LogP contribution in [0.15, 0.2) is 72.8 Å². The van der Waals surface area contributed by atoms with Gasteiger partial charge in [-0.1, -0.05) is 48.5 Å². The van der Waals surface area contributed by atoms with Gasteiger partial charge in [-0.3, -0.25) is 4.79 Å². The molecule has 0 aliphatic rings. The van der Waals surface area contributed by atoms with E-state index in [1.54, 1.807) is 0 Å². The molecule has 0 saturated carbocycles. The van der Waals surface area contributed by atoms with E-state index in [0.29, 0.717) is 0 Å². The predicted octanol–water partition coefficient (Wildman–Crippen LogP) is 4.59. The van der Waals surface area contributed by atoms with Crippen molar-refractivity contribution in [2.75, 3.05) is 0 Å². The monoisotopic (exact) mass is 342 g/mol. The van der Waals surface area contributed by atoms with Crippen molar-refractivity contribution in [3.05, 3.63) is 89.5 Å². The van der Waals surface area contributed by atoms with Crippen molar-refractivity contribution in [1.82, 2.24) is 0 Å². The second kappa shape index (κ2) is 9.02. The Bertz CT molecular complexity index is 825. The van der Waals surface area contributed by atoms with Gasteiger partial charge in [0, 0.05) is 5.56 Å². The van der Waals surface area contributed by atoms with Crippen LogP contribution in [0.3, 0.4) is 0 Å². The number of carbonyl (C=O) groups is 1. The van der Waals surface area contributed by atoms with Crippen molar-refractivity contribution < 1.29 is 9.53 Å². The molecule has 0 radical (unpaired) electrons. The molecule has 2 nitrogen and oxygen atoms in total. The van der Waals surface area contributed by atoms with Gasteiger partial charge >= 0.3 is 18.9 Å². The van der Waals surface area contributed by atoms with Gasteiger partial charge in [-0.2, -0.15) is 0 Å². The molecule has 1 unspecified atom stereocenters. The molecule has 0 saturated heterocycles. The summed E-state index contributed by atoms with van der Waals surface area (Å²) in [4.78, 5) is 12.6. The Hall–Kier alpha value is -1.84. The molecule has 4 heteroatoms. The van der Waals surface area contributed by atoms with Crippen LogP contribution in [0.1, 0.15) is 21.5 Å². The third-order valence-electron chi connectivity index (χ3n) is 3.80. The van der Waals surface area contributed by atoms with E-state index in [9.17, 15) is 4.79 Å². The number of benzene rings is 3. The molecule has 3 aromatic rings. The quantitative estimate of drug-likeness (QED) is 0.501. The van der Waals surface area contributed by atoms with Gasteiger partial charge in [0.15, 0.2) is 5.52 Å². The van der Waals surface area contributed by atoms with E-state index >= 15 is 0 Å². The number of hydrogen-bond donors (Lipinski definition) is 0. The minimum absolute atomic E-state index is 0. The fraction of sp³-hybridized carbons (Fsp3) is 0.0952. The van der Waals surface area contributed by atoms with Crippen LogP contribution in [0.25, 0.3) is 0 Å². The van der Waals surface area contributed by atoms with Crippen LogP contribution in [-0.2, 0) is 0 Å². The first kappa shape index (κ1) is 19.5. The maximum absolute atomic E-state index is 12.6. The van der Waals surface area contributed by atoms with Gasteiger partial charge in [-0.25, -0.2) is 0 Å². The standard InChI is InChI=1S/C21H19O2P.Li.H/c1-15-7-6-8-16(2)20(15)21(22)24-19-13-11-18(12-14-19)23-17-9-4-3-5-10-17;;/h3-14,24H,1-2H3;;. The molecule has 0 aliphatic carbocycles. The van der Waals surface area contributed by atoms with Crippen LogP contribution in [-0.4, -0.2) is 24.4 Å². The Labute approximate surface area is 162 Å². The average molecular weight is 342 g/mol. The Morgan fingerprint density at radius 1 is 0.760 bits per heavy atom. The zero-order valence-corrected chi connectivity index (χ0v) is 14.7. The fourth-order valence-corrected chi connectivity index (χ4v) is 3.71. The number of para-hydroxylation sites is 1. The summed E-state index contributed by atoms with van der Waals surface area (Å²) in [7, 11) is 0.118. The topological polar surface area (TPSA) is 26.3 Å². The summed E-state index contributed by atoms with van der Waals surface area (Å²) in [6.07, 6.45) is 0. The van der Waals surface area contributed by atoms with Gasteiger partial charge in [-0.05, 0) is 63.1 Å². The Morgan fingerprint density at radius 3 is 1.92 bits per heavy atom. The maximum atomic E-state index is 12.6. The molecule has 0 amide bonds. The summed E-state index contributed by atoms with van der Waals surface area (Å²) in [6.45, 7) is 3.98. The molecular weight excluding hydrogens is 322 g/mol. The van der Waals surface area contributed by atoms with E-state index in [0.717, 1.165) is 33.5 Å². The van der Waals surface area contributed by atoms with Gasteiger partial charge in [0.05, 0.1) is 0 Å². The summed E-state index contributed by atoms with van der Waals surface area (Å²) in [5, 5.41) is 1.02. The van der Waals surface area contributed by atoms with Gasteiger partial charge in [0.1, 0.15) is 11.5 Å². The summed E-state index contributed by atoms with van der Waals surface area (Å²) < 4.78 is 5.78. The van der Waals surface area contributed by atoms with Crippen LogP contribution in [0.2, 0.25) is 0 Å². The zero-order chi connectivity index (χ0) is 16.9. The SMILES string of the molecule is Cc1cccc(C)c1C(=O)Pc1ccc(Oc2ccccc2)cc1.[LiH]. The minimum atomic E-state index is 0. The molecule has 3 rings (SSSR count). The summed E-state index contributed by atoms with van der Waals surface area (Å²) in [5.74, 6) is 1.58. The molecule has 0 aliphatic heterocycles. The average Bonchev–Trinajstić information content (AvgIpc) is 2.57. The van der Waals surface area contributed by atoms with Gasteiger partial charge in [0.25, 0.3) is 0 Å². The van der Waals surface area contributed by atoms with Crippen LogP contribution in [0.5, 0.6) is 11.5 Å². The molecule has 1 atom stereocenters. The van der Waals surface area contributed by atoms with E-state index in [-0.39, 0.29) is 33.0 Å². The summed E-state index contributed by atoms with van der Waals surface area (Å²) in [6, 6.07) is 23.4. The molecule has 0 spiro atoms. The van der Waals surface area contributed by atoms with Crippen LogP contribution >= 0.6 is 8.58 Å². The second-order valence-corrected chi connectivity index (χ2v) is 6.94. The molecule has 0 bridgehead atoms. The zero-order valence-electron chi connectivity index (χ0n) is 13.7. The molecule has 0 heterocycles. The Balaban J connectivity index is 0.00000225. The normalized spacial score (nSPS) is 10.5. The number of ether oxygens (including phenoxy) is 1. The third-order valence-corrected chi connectivity index (χ3v) is 4.90. The summed E-state index contributed by atoms with van der Waals surface area (Å²) in [5.41, 5.74) is 3.11. The molecule has 0 aromatic heterocycles. The summed E-state index contributed by atoms with van der Waals surface area (Å²) >= 11 is 0. The molecule has 0 fully saturated rings. The predicted molar refractivity (Wildman–Crippen MR) is 108 cm³/mol. The van der Waals surface area contributed by atoms with Crippen molar-refractivity contribution in [2.24, 2.45) is 0 Å². The first-order chi connectivity index (χ1) is 11.6. The van der Waals surface area contributed by atoms with E-state index in [1.165, 1.54) is 0 Å². The van der Waals surface area contributed by atoms with E-state index < -0.39 is 0 Å². The Kier molecular flexibility index (Phi) is 7.03. The van der Waals surface area contributed by atoms with E-state index in [2.05, 4.69) is 0 Å². The Morgan fingerprint density at radius 2 is 1.32 bits per heavy atom. The molecular formula is C21H20LiO2P. The van der Waals surface area contributed by atoms with Gasteiger partial charge in [-0.15, -0.1) is 0 Å². The molecule has 0 N–H and O–H groups in total. The molecule has 122 valence electrons. The fourth-order valence-electron chi connectivity index (χ4n) is 2.60. The number of hydrogen-bond acceptors (Lipinski definition) is 2. The molecule has 25 heavy (non-hydrogen) atoms. The first-order valence-corrected chi connectivity index (χ1v) is 8.84. The van der Waals surface area contributed by atoms with Crippen molar-refractivity contribution in [2.45, 2.75) is 13.8 Å². The van der Waals surface area contributed by atoms with Crippen LogP contribution < -0.4 is 10.0 Å². The number of aryl methyl sites for hydroxylation is 2. The van der Waals surface area contributed by atoms with Crippen molar-refractivity contribution in [1.29, 1.82) is 0 Å². The van der Waals surface area contributed by atoms with Crippen molar-refractivity contribution in [3.63, 3.8) is 0 Å². The number of carbonyl (C=O) groups excluding carboxylic acids is 1. The third kappa shape index (κ3) is 5.07. The van der Waals surface area contributed by atoms with Crippen LogP contribution in [0, 0.1) is 13.8 Å². The van der Waals surface area contributed by atoms with Crippen molar-refractivity contribution >= 4 is 38.3 Å². The van der Waals surface area contributed by atoms with E-state index in [1.807, 2.05) is 86.6 Å². The van der Waals surface area contributed by atoms with Crippen molar-refractivity contribution in [3.8, 4) is 11.5 Å². The van der Waals surface area contributed by atoms with E-state index in [4.69, 9.17) is 4.74 Å². The first-order valence-electron chi connectivity index (χ1n) is 7.84. The molecule has 3 aromatic carbocycles. The van der Waals surface area contributed by atoms with Crippen LogP contribution in [0.4, 0.5) is 0 Å². The van der Waals surface area contributed by atoms with Gasteiger partial charge < -0.3 is 4.74 Å².